The second-order valence-corrected chi connectivity index (χ2v) is 11.1. The molecule has 6 nitrogen and oxygen atoms in total. The molecule has 0 aromatic carbocycles. The van der Waals surface area contributed by atoms with Crippen LogP contribution in [0, 0.1) is 28.6 Å². The molecule has 184 valence electrons. The zero-order valence-corrected chi connectivity index (χ0v) is 21.0. The van der Waals surface area contributed by atoms with E-state index in [1.54, 1.807) is 13.0 Å². The third kappa shape index (κ3) is 3.36. The van der Waals surface area contributed by atoms with Gasteiger partial charge in [0.05, 0.1) is 0 Å². The van der Waals surface area contributed by atoms with Crippen molar-refractivity contribution in [3.8, 4) is 0 Å². The van der Waals surface area contributed by atoms with E-state index in [9.17, 15) is 19.2 Å². The molecule has 0 radical (unpaired) electrons. The van der Waals surface area contributed by atoms with Gasteiger partial charge in [0, 0.05) is 36.5 Å². The van der Waals surface area contributed by atoms with Crippen molar-refractivity contribution in [3.05, 3.63) is 35.5 Å². The second-order valence-electron chi connectivity index (χ2n) is 11.1. The Labute approximate surface area is 201 Å². The summed E-state index contributed by atoms with van der Waals surface area (Å²) in [5.41, 5.74) is 1.15. The number of hydrogen-bond donors (Lipinski definition) is 0. The number of fused-ring (bicyclic) bond motifs is 5. The van der Waals surface area contributed by atoms with E-state index in [2.05, 4.69) is 26.5 Å². The first kappa shape index (κ1) is 24.6. The molecule has 6 atom stereocenters. The molecule has 0 aromatic rings. The van der Waals surface area contributed by atoms with Crippen molar-refractivity contribution >= 4 is 23.5 Å². The Morgan fingerprint density at radius 3 is 2.59 bits per heavy atom. The summed E-state index contributed by atoms with van der Waals surface area (Å²) < 4.78 is 11.2. The molecular formula is C28H36O6. The van der Waals surface area contributed by atoms with Gasteiger partial charge in [0.2, 0.25) is 5.78 Å². The lowest BCUT2D eigenvalue weighted by Gasteiger charge is -2.55. The fourth-order valence-electron chi connectivity index (χ4n) is 7.59. The fourth-order valence-corrected chi connectivity index (χ4v) is 7.59. The van der Waals surface area contributed by atoms with Gasteiger partial charge in [-0.25, -0.2) is 0 Å². The summed E-state index contributed by atoms with van der Waals surface area (Å²) in [5.74, 6) is -1.11. The van der Waals surface area contributed by atoms with Crippen LogP contribution in [0.2, 0.25) is 0 Å². The van der Waals surface area contributed by atoms with Crippen LogP contribution in [-0.4, -0.2) is 35.7 Å². The molecule has 4 aliphatic carbocycles. The first-order chi connectivity index (χ1) is 15.9. The van der Waals surface area contributed by atoms with Crippen molar-refractivity contribution in [2.75, 3.05) is 6.61 Å². The van der Waals surface area contributed by atoms with E-state index in [-0.39, 0.29) is 41.2 Å². The number of esters is 2. The summed E-state index contributed by atoms with van der Waals surface area (Å²) >= 11 is 0. The highest BCUT2D eigenvalue weighted by molar-refractivity contribution is 5.94. The molecule has 0 unspecified atom stereocenters. The minimum Gasteiger partial charge on any atom is -0.458 e. The topological polar surface area (TPSA) is 86.7 Å². The molecule has 0 heterocycles. The van der Waals surface area contributed by atoms with Gasteiger partial charge >= 0.3 is 11.9 Å². The monoisotopic (exact) mass is 468 g/mol. The van der Waals surface area contributed by atoms with Gasteiger partial charge in [-0.3, -0.25) is 19.2 Å². The van der Waals surface area contributed by atoms with Gasteiger partial charge in [0.1, 0.15) is 0 Å². The van der Waals surface area contributed by atoms with E-state index in [0.717, 1.165) is 30.4 Å². The van der Waals surface area contributed by atoms with Crippen molar-refractivity contribution in [2.45, 2.75) is 78.7 Å². The van der Waals surface area contributed by atoms with Crippen LogP contribution in [0.5, 0.6) is 0 Å². The smallest absolute Gasteiger partial charge is 0.306 e. The molecule has 6 heteroatoms. The van der Waals surface area contributed by atoms with Crippen LogP contribution in [0.25, 0.3) is 0 Å². The van der Waals surface area contributed by atoms with Crippen LogP contribution in [0.1, 0.15) is 73.1 Å². The largest absolute Gasteiger partial charge is 0.458 e. The van der Waals surface area contributed by atoms with Crippen LogP contribution in [0.4, 0.5) is 0 Å². The fraction of sp³-hybridized carbons (Fsp3) is 0.643. The number of carbonyl (C=O) groups is 4. The molecule has 2 fully saturated rings. The summed E-state index contributed by atoms with van der Waals surface area (Å²) in [6.07, 6.45) is 7.50. The Hall–Kier alpha value is -2.50. The summed E-state index contributed by atoms with van der Waals surface area (Å²) in [4.78, 5) is 50.0. The molecule has 34 heavy (non-hydrogen) atoms. The summed E-state index contributed by atoms with van der Waals surface area (Å²) in [6, 6.07) is 0. The van der Waals surface area contributed by atoms with E-state index >= 15 is 0 Å². The lowest BCUT2D eigenvalue weighted by Crippen LogP contribution is -2.60. The Morgan fingerprint density at radius 1 is 1.24 bits per heavy atom. The van der Waals surface area contributed by atoms with Gasteiger partial charge in [-0.2, -0.15) is 0 Å². The molecule has 0 saturated heterocycles. The summed E-state index contributed by atoms with van der Waals surface area (Å²) in [7, 11) is 0. The van der Waals surface area contributed by atoms with E-state index in [1.165, 1.54) is 12.5 Å². The van der Waals surface area contributed by atoms with E-state index < -0.39 is 29.6 Å². The standard InChI is InChI=1S/C28H36O6/c1-7-25(32)34-28(24(31)15-33-18(4)29)17(3)13-23-20-12-16(2)22-14-19(30)8-10-26(22,5)21(20)9-11-27(23,28)6/h9,14,17,20,23H,2,7-8,10-13,15H2,1,3-6H3/t17-,20+,23-,26+,27-,28-/m0/s1. The highest BCUT2D eigenvalue weighted by atomic mass is 16.6. The Kier molecular flexibility index (Phi) is 6.02. The molecular weight excluding hydrogens is 432 g/mol. The van der Waals surface area contributed by atoms with Gasteiger partial charge in [-0.1, -0.05) is 51.5 Å². The number of carbonyl (C=O) groups excluding carboxylic acids is 4. The molecule has 0 spiro atoms. The van der Waals surface area contributed by atoms with Gasteiger partial charge in [-0.15, -0.1) is 0 Å². The van der Waals surface area contributed by atoms with E-state index in [1.807, 2.05) is 6.92 Å². The Morgan fingerprint density at radius 2 is 1.94 bits per heavy atom. The first-order valence-electron chi connectivity index (χ1n) is 12.4. The minimum absolute atomic E-state index is 0.0983. The molecule has 2 saturated carbocycles. The highest BCUT2D eigenvalue weighted by Gasteiger charge is 2.70. The SMILES string of the molecule is C=C1C[C@@H]2C(=CC[C@@]3(C)[C@H]2C[C@H](C)[C@]3(OC(=O)CC)C(=O)COC(C)=O)[C@@]2(C)CCC(=O)C=C12. The van der Waals surface area contributed by atoms with Crippen molar-refractivity contribution in [1.29, 1.82) is 0 Å². The molecule has 0 amide bonds. The maximum Gasteiger partial charge on any atom is 0.306 e. The number of hydrogen-bond acceptors (Lipinski definition) is 6. The number of rotatable bonds is 5. The van der Waals surface area contributed by atoms with Gasteiger partial charge < -0.3 is 9.47 Å². The normalized spacial score (nSPS) is 38.7. The number of Topliss-reactive ketones (excluding diaryl/α,β-unsaturated/α-hetero) is 1. The van der Waals surface area contributed by atoms with Crippen molar-refractivity contribution in [1.82, 2.24) is 0 Å². The van der Waals surface area contributed by atoms with Gasteiger partial charge in [0.25, 0.3) is 0 Å². The molecule has 4 rings (SSSR count). The zero-order chi connectivity index (χ0) is 25.1. The average Bonchev–Trinajstić information content (AvgIpc) is 3.01. The molecule has 4 aliphatic rings. The van der Waals surface area contributed by atoms with E-state index in [0.29, 0.717) is 12.8 Å². The molecule has 0 aliphatic heterocycles. The number of ether oxygens (including phenoxy) is 2. The molecule has 0 aromatic heterocycles. The van der Waals surface area contributed by atoms with Crippen LogP contribution in [0.15, 0.2) is 35.5 Å². The third-order valence-electron chi connectivity index (χ3n) is 9.24. The van der Waals surface area contributed by atoms with E-state index in [4.69, 9.17) is 9.47 Å². The van der Waals surface area contributed by atoms with Crippen LogP contribution in [0.3, 0.4) is 0 Å². The van der Waals surface area contributed by atoms with Crippen LogP contribution < -0.4 is 0 Å². The Bertz CT molecular complexity index is 1030. The predicted molar refractivity (Wildman–Crippen MR) is 127 cm³/mol. The molecule has 0 bridgehead atoms. The molecule has 0 N–H and O–H groups in total. The quantitative estimate of drug-likeness (QED) is 0.430. The number of allylic oxidation sites excluding steroid dienone is 5. The average molecular weight is 469 g/mol. The summed E-state index contributed by atoms with van der Waals surface area (Å²) in [6.45, 7) is 13.2. The third-order valence-corrected chi connectivity index (χ3v) is 9.24. The van der Waals surface area contributed by atoms with Gasteiger partial charge in [0.15, 0.2) is 18.0 Å². The Balaban J connectivity index is 1.81. The van der Waals surface area contributed by atoms with Crippen LogP contribution >= 0.6 is 0 Å². The predicted octanol–water partition coefficient (Wildman–Crippen LogP) is 4.67. The first-order valence-corrected chi connectivity index (χ1v) is 12.4. The lowest BCUT2D eigenvalue weighted by molar-refractivity contribution is -0.191. The lowest BCUT2D eigenvalue weighted by atomic mass is 9.49. The highest BCUT2D eigenvalue weighted by Crippen LogP contribution is 2.68. The maximum absolute atomic E-state index is 13.7. The van der Waals surface area contributed by atoms with Crippen molar-refractivity contribution in [3.63, 3.8) is 0 Å². The number of ketones is 2. The van der Waals surface area contributed by atoms with Crippen molar-refractivity contribution in [2.24, 2.45) is 28.6 Å². The minimum atomic E-state index is -1.36. The van der Waals surface area contributed by atoms with Crippen LogP contribution in [-0.2, 0) is 28.7 Å². The summed E-state index contributed by atoms with van der Waals surface area (Å²) in [5, 5.41) is 0. The second kappa shape index (κ2) is 8.31. The maximum atomic E-state index is 13.7. The van der Waals surface area contributed by atoms with Gasteiger partial charge in [-0.05, 0) is 49.2 Å². The zero-order valence-electron chi connectivity index (χ0n) is 21.0. The van der Waals surface area contributed by atoms with Crippen molar-refractivity contribution < 1.29 is 28.7 Å².